The number of anilines is 1. The third-order valence-electron chi connectivity index (χ3n) is 6.74. The predicted molar refractivity (Wildman–Crippen MR) is 139 cm³/mol. The van der Waals surface area contributed by atoms with Crippen molar-refractivity contribution in [2.75, 3.05) is 4.90 Å². The fourth-order valence-corrected chi connectivity index (χ4v) is 5.32. The highest BCUT2D eigenvalue weighted by atomic mass is 32.1. The molecule has 1 aliphatic heterocycles. The van der Waals surface area contributed by atoms with Crippen molar-refractivity contribution in [2.45, 2.75) is 39.8 Å². The molecule has 3 heterocycles. The van der Waals surface area contributed by atoms with Gasteiger partial charge in [-0.05, 0) is 93.0 Å². The molecule has 2 aromatic heterocycles. The Hall–Kier alpha value is -3.44. The van der Waals surface area contributed by atoms with Gasteiger partial charge in [0.2, 0.25) is 0 Å². The zero-order valence-electron chi connectivity index (χ0n) is 19.4. The molecule has 1 saturated heterocycles. The summed E-state index contributed by atoms with van der Waals surface area (Å²) in [5.74, 6) is 0. The third kappa shape index (κ3) is 3.62. The molecule has 0 radical (unpaired) electrons. The lowest BCUT2D eigenvalue weighted by Gasteiger charge is -2.28. The van der Waals surface area contributed by atoms with Crippen LogP contribution in [-0.4, -0.2) is 14.7 Å². The summed E-state index contributed by atoms with van der Waals surface area (Å²) in [6, 6.07) is 25.2. The van der Waals surface area contributed by atoms with Gasteiger partial charge in [0.15, 0.2) is 5.11 Å². The second-order valence-corrected chi connectivity index (χ2v) is 9.10. The molecule has 33 heavy (non-hydrogen) atoms. The summed E-state index contributed by atoms with van der Waals surface area (Å²) in [6.07, 6.45) is 1.85. The normalized spacial score (nSPS) is 17.9. The van der Waals surface area contributed by atoms with E-state index in [1.165, 1.54) is 33.8 Å². The molecule has 5 heteroatoms. The van der Waals surface area contributed by atoms with Crippen molar-refractivity contribution in [3.8, 4) is 5.69 Å². The zero-order valence-corrected chi connectivity index (χ0v) is 20.2. The lowest BCUT2D eigenvalue weighted by Crippen LogP contribution is -2.29. The molecular formula is C28H28N4S. The van der Waals surface area contributed by atoms with Crippen molar-refractivity contribution in [1.29, 1.82) is 0 Å². The van der Waals surface area contributed by atoms with Gasteiger partial charge in [-0.3, -0.25) is 4.98 Å². The van der Waals surface area contributed by atoms with E-state index in [0.29, 0.717) is 0 Å². The summed E-state index contributed by atoms with van der Waals surface area (Å²) in [6.45, 7) is 8.76. The Morgan fingerprint density at radius 1 is 0.879 bits per heavy atom. The highest BCUT2D eigenvalue weighted by molar-refractivity contribution is 7.80. The van der Waals surface area contributed by atoms with Crippen LogP contribution in [0.5, 0.6) is 0 Å². The predicted octanol–water partition coefficient (Wildman–Crippen LogP) is 6.28. The van der Waals surface area contributed by atoms with E-state index in [4.69, 9.17) is 12.2 Å². The van der Waals surface area contributed by atoms with Gasteiger partial charge < -0.3 is 14.8 Å². The molecule has 1 fully saturated rings. The summed E-state index contributed by atoms with van der Waals surface area (Å²) in [5, 5.41) is 4.29. The first kappa shape index (κ1) is 21.4. The molecule has 0 aliphatic carbocycles. The number of nitrogens with one attached hydrogen (secondary N) is 1. The maximum atomic E-state index is 5.87. The number of thiocarbonyl (C=S) groups is 1. The fourth-order valence-electron chi connectivity index (χ4n) is 4.97. The monoisotopic (exact) mass is 452 g/mol. The van der Waals surface area contributed by atoms with Gasteiger partial charge in [-0.25, -0.2) is 0 Å². The Morgan fingerprint density at radius 2 is 1.64 bits per heavy atom. The molecular weight excluding hydrogens is 424 g/mol. The third-order valence-corrected chi connectivity index (χ3v) is 7.05. The number of hydrogen-bond acceptors (Lipinski definition) is 2. The van der Waals surface area contributed by atoms with Crippen LogP contribution in [-0.2, 0) is 0 Å². The largest absolute Gasteiger partial charge is 0.351 e. The molecule has 4 aromatic rings. The highest BCUT2D eigenvalue weighted by Crippen LogP contribution is 2.43. The number of para-hydroxylation sites is 1. The van der Waals surface area contributed by atoms with Gasteiger partial charge >= 0.3 is 0 Å². The molecule has 2 atom stereocenters. The molecule has 0 amide bonds. The number of nitrogens with zero attached hydrogens (tertiary/aromatic N) is 3. The zero-order chi connectivity index (χ0) is 23.1. The summed E-state index contributed by atoms with van der Waals surface area (Å²) < 4.78 is 2.37. The van der Waals surface area contributed by atoms with Crippen LogP contribution in [0.4, 0.5) is 5.69 Å². The lowest BCUT2D eigenvalue weighted by molar-refractivity contribution is 0.565. The molecule has 0 saturated carbocycles. The van der Waals surface area contributed by atoms with Crippen molar-refractivity contribution in [1.82, 2.24) is 14.9 Å². The molecule has 0 bridgehead atoms. The van der Waals surface area contributed by atoms with E-state index < -0.39 is 0 Å². The quantitative estimate of drug-likeness (QED) is 0.369. The minimum absolute atomic E-state index is 0.0140. The van der Waals surface area contributed by atoms with Gasteiger partial charge in [-0.2, -0.15) is 0 Å². The summed E-state index contributed by atoms with van der Waals surface area (Å²) in [5.41, 5.74) is 9.57. The summed E-state index contributed by atoms with van der Waals surface area (Å²) in [4.78, 5) is 6.93. The van der Waals surface area contributed by atoms with Gasteiger partial charge in [0, 0.05) is 29.0 Å². The average Bonchev–Trinajstić information content (AvgIpc) is 3.32. The fraction of sp³-hybridized carbons (Fsp3) is 0.214. The Labute approximate surface area is 200 Å². The summed E-state index contributed by atoms with van der Waals surface area (Å²) >= 11 is 5.87. The van der Waals surface area contributed by atoms with Crippen LogP contribution in [0.2, 0.25) is 0 Å². The van der Waals surface area contributed by atoms with Crippen LogP contribution in [0.25, 0.3) is 5.69 Å². The molecule has 2 unspecified atom stereocenters. The van der Waals surface area contributed by atoms with E-state index in [2.05, 4.69) is 102 Å². The van der Waals surface area contributed by atoms with Crippen LogP contribution in [0.15, 0.2) is 79.0 Å². The van der Waals surface area contributed by atoms with Crippen LogP contribution < -0.4 is 10.2 Å². The van der Waals surface area contributed by atoms with Gasteiger partial charge in [0.25, 0.3) is 0 Å². The first-order chi connectivity index (χ1) is 16.0. The number of pyridine rings is 1. The smallest absolute Gasteiger partial charge is 0.174 e. The van der Waals surface area contributed by atoms with Crippen molar-refractivity contribution < 1.29 is 0 Å². The molecule has 1 aliphatic rings. The van der Waals surface area contributed by atoms with Crippen molar-refractivity contribution in [3.05, 3.63) is 113 Å². The second-order valence-electron chi connectivity index (χ2n) is 8.71. The van der Waals surface area contributed by atoms with E-state index in [9.17, 15) is 0 Å². The molecule has 2 aromatic carbocycles. The molecule has 4 nitrogen and oxygen atoms in total. The topological polar surface area (TPSA) is 33.1 Å². The number of aromatic nitrogens is 2. The first-order valence-corrected chi connectivity index (χ1v) is 11.7. The Balaban J connectivity index is 1.70. The van der Waals surface area contributed by atoms with E-state index in [0.717, 1.165) is 16.5 Å². The van der Waals surface area contributed by atoms with Crippen molar-refractivity contribution in [2.24, 2.45) is 0 Å². The minimum atomic E-state index is -0.0496. The molecule has 1 N–H and O–H groups in total. The van der Waals surface area contributed by atoms with Crippen molar-refractivity contribution in [3.63, 3.8) is 0 Å². The minimum Gasteiger partial charge on any atom is -0.351 e. The number of benzene rings is 2. The Bertz CT molecular complexity index is 1310. The van der Waals surface area contributed by atoms with Gasteiger partial charge in [-0.1, -0.05) is 36.4 Å². The highest BCUT2D eigenvalue weighted by Gasteiger charge is 2.42. The van der Waals surface area contributed by atoms with Crippen molar-refractivity contribution >= 4 is 23.0 Å². The van der Waals surface area contributed by atoms with Crippen LogP contribution in [0.1, 0.15) is 45.9 Å². The SMILES string of the molecule is Cc1cccc(-n2c(C)cc(C3C(c4ccccn4)NC(=S)N3c3ccccc3)c2C)c1C. The standard InChI is InChI=1S/C28H28N4S/c1-18-11-10-15-25(20(18)3)31-19(2)17-23(21(31)4)27-26(24-14-8-9-16-29-24)30-28(33)32(27)22-12-6-5-7-13-22/h5-17,26-27H,1-4H3,(H,30,33). The lowest BCUT2D eigenvalue weighted by atomic mass is 9.96. The van der Waals surface area contributed by atoms with Crippen LogP contribution >= 0.6 is 12.2 Å². The maximum absolute atomic E-state index is 5.87. The van der Waals surface area contributed by atoms with Gasteiger partial charge in [-0.15, -0.1) is 0 Å². The summed E-state index contributed by atoms with van der Waals surface area (Å²) in [7, 11) is 0. The number of hydrogen-bond donors (Lipinski definition) is 1. The van der Waals surface area contributed by atoms with Gasteiger partial charge in [0.1, 0.15) is 0 Å². The van der Waals surface area contributed by atoms with E-state index in [1.807, 2.05) is 24.4 Å². The van der Waals surface area contributed by atoms with Gasteiger partial charge in [0.05, 0.1) is 17.8 Å². The Morgan fingerprint density at radius 3 is 2.36 bits per heavy atom. The molecule has 5 rings (SSSR count). The number of rotatable bonds is 4. The van der Waals surface area contributed by atoms with Crippen LogP contribution in [0, 0.1) is 27.7 Å². The van der Waals surface area contributed by atoms with E-state index in [1.54, 1.807) is 0 Å². The molecule has 166 valence electrons. The van der Waals surface area contributed by atoms with E-state index >= 15 is 0 Å². The number of aryl methyl sites for hydroxylation is 2. The first-order valence-electron chi connectivity index (χ1n) is 11.3. The maximum Gasteiger partial charge on any atom is 0.174 e. The van der Waals surface area contributed by atoms with Crippen LogP contribution in [0.3, 0.4) is 0 Å². The average molecular weight is 453 g/mol. The molecule has 0 spiro atoms. The van der Waals surface area contributed by atoms with E-state index in [-0.39, 0.29) is 12.1 Å². The second kappa shape index (κ2) is 8.49. The Kier molecular flexibility index (Phi) is 5.51.